The van der Waals surface area contributed by atoms with E-state index in [4.69, 9.17) is 13.2 Å². The largest absolute Gasteiger partial charge is 0.103 e. The Kier molecular flexibility index (Phi) is 6.92. The van der Waals surface area contributed by atoms with Crippen LogP contribution in [0.25, 0.3) is 5.57 Å². The Labute approximate surface area is 233 Å². The molecule has 0 heteroatoms. The quantitative estimate of drug-likeness (QED) is 0.336. The van der Waals surface area contributed by atoms with Gasteiger partial charge in [-0.25, -0.2) is 0 Å². The Hall–Kier alpha value is -2.60. The second kappa shape index (κ2) is 9.25. The van der Waals surface area contributed by atoms with Gasteiger partial charge >= 0.3 is 0 Å². The van der Waals surface area contributed by atoms with Crippen LogP contribution in [0, 0.1) is 29.1 Å². The summed E-state index contributed by atoms with van der Waals surface area (Å²) in [5.41, 5.74) is 14.7. The predicted octanol–water partition coefficient (Wildman–Crippen LogP) is 11.2. The molecule has 0 radical (unpaired) electrons. The predicted molar refractivity (Wildman–Crippen MR) is 168 cm³/mol. The van der Waals surface area contributed by atoms with Gasteiger partial charge in [0.05, 0.1) is 0 Å². The van der Waals surface area contributed by atoms with Crippen molar-refractivity contribution in [3.8, 4) is 0 Å². The lowest BCUT2D eigenvalue weighted by molar-refractivity contribution is -0.0260. The summed E-state index contributed by atoms with van der Waals surface area (Å²) in [5.74, 6) is 1.22. The minimum Gasteiger partial charge on any atom is -0.103 e. The van der Waals surface area contributed by atoms with Gasteiger partial charge in [0.25, 0.3) is 0 Å². The summed E-state index contributed by atoms with van der Waals surface area (Å²) in [6.45, 7) is 43.8. The molecule has 5 atom stereocenters. The second-order valence-electron chi connectivity index (χ2n) is 13.3. The third-order valence-electron chi connectivity index (χ3n) is 11.9. The summed E-state index contributed by atoms with van der Waals surface area (Å²) in [6, 6.07) is 4.80. The molecule has 0 nitrogen and oxygen atoms in total. The van der Waals surface area contributed by atoms with Gasteiger partial charge in [0.15, 0.2) is 0 Å². The van der Waals surface area contributed by atoms with E-state index in [1.54, 1.807) is 0 Å². The van der Waals surface area contributed by atoms with Crippen molar-refractivity contribution in [1.29, 1.82) is 0 Å². The molecule has 0 aromatic heterocycles. The van der Waals surface area contributed by atoms with Gasteiger partial charge in [-0.15, -0.1) is 13.2 Å². The Balaban J connectivity index is 2.04. The fourth-order valence-electron chi connectivity index (χ4n) is 9.36. The summed E-state index contributed by atoms with van der Waals surface area (Å²) >= 11 is 0. The van der Waals surface area contributed by atoms with Crippen LogP contribution in [0.2, 0.25) is 0 Å². The number of allylic oxidation sites excluding steroid dienone is 9. The van der Waals surface area contributed by atoms with E-state index < -0.39 is 0 Å². The van der Waals surface area contributed by atoms with Crippen LogP contribution in [0.5, 0.6) is 0 Å². The van der Waals surface area contributed by atoms with Crippen LogP contribution < -0.4 is 0 Å². The zero-order valence-corrected chi connectivity index (χ0v) is 25.7. The van der Waals surface area contributed by atoms with E-state index in [0.717, 1.165) is 24.8 Å². The molecular formula is C38H50. The molecule has 0 bridgehead atoms. The van der Waals surface area contributed by atoms with Crippen molar-refractivity contribution in [3.63, 3.8) is 0 Å². The van der Waals surface area contributed by atoms with Crippen molar-refractivity contribution in [2.45, 2.75) is 93.4 Å². The number of rotatable bonds is 6. The molecule has 0 N–H and O–H groups in total. The Bertz CT molecular complexity index is 1330. The molecule has 0 amide bonds. The van der Waals surface area contributed by atoms with E-state index in [2.05, 4.69) is 94.2 Å². The third-order valence-corrected chi connectivity index (χ3v) is 11.9. The standard InChI is InChI=1S/C38H50/c1-15-17-30(18-16-2)31-19-20-32-26(8)37(13)29(11)36(12)21-23(5)33(22(3)4)27(9)38(36,14)28(10)35(37)25(7)34(32)24(31)6/h15-16,19-20,26,29-30H,1-3,7,9,17-18,21H2,4-6,8,10-14H3/t26-,29+,36+,37-,38-/m1/s1. The van der Waals surface area contributed by atoms with Crippen molar-refractivity contribution >= 4 is 5.57 Å². The number of hydrogen-bond acceptors (Lipinski definition) is 0. The topological polar surface area (TPSA) is 0 Å². The normalized spacial score (nSPS) is 32.7. The molecule has 3 aliphatic carbocycles. The second-order valence-corrected chi connectivity index (χ2v) is 13.3. The Morgan fingerprint density at radius 1 is 1.03 bits per heavy atom. The highest BCUT2D eigenvalue weighted by molar-refractivity contribution is 5.88. The summed E-state index contributed by atoms with van der Waals surface area (Å²) in [5, 5.41) is 0. The fourth-order valence-corrected chi connectivity index (χ4v) is 9.36. The average Bonchev–Trinajstić information content (AvgIpc) is 2.84. The van der Waals surface area contributed by atoms with E-state index >= 15 is 0 Å². The number of benzene rings is 1. The number of fused-ring (bicyclic) bond motifs is 3. The first kappa shape index (κ1) is 28.4. The lowest BCUT2D eigenvalue weighted by Gasteiger charge is -2.67. The molecule has 4 rings (SSSR count). The van der Waals surface area contributed by atoms with Crippen LogP contribution in [0.15, 0.2) is 90.6 Å². The Morgan fingerprint density at radius 2 is 1.61 bits per heavy atom. The van der Waals surface area contributed by atoms with Crippen molar-refractivity contribution in [2.75, 3.05) is 0 Å². The van der Waals surface area contributed by atoms with E-state index in [9.17, 15) is 0 Å². The van der Waals surface area contributed by atoms with Crippen LogP contribution in [0.4, 0.5) is 0 Å². The molecule has 3 aliphatic rings. The fraction of sp³-hybridized carbons (Fsp3) is 0.474. The first-order chi connectivity index (χ1) is 17.7. The molecule has 0 fully saturated rings. The molecule has 0 saturated heterocycles. The van der Waals surface area contributed by atoms with E-state index in [0.29, 0.717) is 17.8 Å². The average molecular weight is 507 g/mol. The van der Waals surface area contributed by atoms with Crippen LogP contribution in [0.1, 0.15) is 109 Å². The summed E-state index contributed by atoms with van der Waals surface area (Å²) in [4.78, 5) is 0. The van der Waals surface area contributed by atoms with E-state index in [-0.39, 0.29) is 16.2 Å². The molecule has 0 saturated carbocycles. The monoisotopic (exact) mass is 506 g/mol. The van der Waals surface area contributed by atoms with Gasteiger partial charge in [0.2, 0.25) is 0 Å². The minimum atomic E-state index is -0.158. The van der Waals surface area contributed by atoms with Gasteiger partial charge < -0.3 is 0 Å². The summed E-state index contributed by atoms with van der Waals surface area (Å²) in [6.07, 6.45) is 7.07. The zero-order chi connectivity index (χ0) is 28.5. The molecule has 0 spiro atoms. The van der Waals surface area contributed by atoms with Gasteiger partial charge in [0, 0.05) is 10.8 Å². The van der Waals surface area contributed by atoms with Crippen LogP contribution in [-0.2, 0) is 0 Å². The van der Waals surface area contributed by atoms with E-state index in [1.165, 1.54) is 55.7 Å². The number of hydrogen-bond donors (Lipinski definition) is 0. The van der Waals surface area contributed by atoms with Crippen LogP contribution >= 0.6 is 0 Å². The maximum absolute atomic E-state index is 4.89. The SMILES string of the molecule is C=CCC(CC=C)c1ccc2c(c1C)C(=C)C1=C(C)[C@@]3(C)C(=C)C(C(=C)C)=C(C)C[C@@]3(C)[C@H](C)[C@@]1(C)[C@@H]2C. The Morgan fingerprint density at radius 3 is 2.13 bits per heavy atom. The smallest absolute Gasteiger partial charge is 0.0196 e. The highest BCUT2D eigenvalue weighted by Crippen LogP contribution is 2.74. The first-order valence-corrected chi connectivity index (χ1v) is 14.5. The highest BCUT2D eigenvalue weighted by atomic mass is 14.7. The molecule has 202 valence electrons. The molecule has 38 heavy (non-hydrogen) atoms. The molecule has 0 heterocycles. The lowest BCUT2D eigenvalue weighted by Crippen LogP contribution is -2.58. The maximum Gasteiger partial charge on any atom is 0.0196 e. The summed E-state index contributed by atoms with van der Waals surface area (Å²) in [7, 11) is 0. The van der Waals surface area contributed by atoms with Gasteiger partial charge in [-0.1, -0.05) is 95.4 Å². The molecule has 1 aromatic rings. The van der Waals surface area contributed by atoms with E-state index in [1.807, 2.05) is 12.2 Å². The highest BCUT2D eigenvalue weighted by Gasteiger charge is 2.64. The molecule has 0 aliphatic heterocycles. The van der Waals surface area contributed by atoms with Crippen molar-refractivity contribution in [1.82, 2.24) is 0 Å². The zero-order valence-electron chi connectivity index (χ0n) is 25.7. The summed E-state index contributed by atoms with van der Waals surface area (Å²) < 4.78 is 0. The molecule has 0 unspecified atom stereocenters. The lowest BCUT2D eigenvalue weighted by atomic mass is 9.36. The van der Waals surface area contributed by atoms with Crippen molar-refractivity contribution < 1.29 is 0 Å². The van der Waals surface area contributed by atoms with Crippen molar-refractivity contribution in [3.05, 3.63) is 113 Å². The molecule has 1 aromatic carbocycles. The molecular weight excluding hydrogens is 456 g/mol. The van der Waals surface area contributed by atoms with Crippen LogP contribution in [-0.4, -0.2) is 0 Å². The van der Waals surface area contributed by atoms with Crippen molar-refractivity contribution in [2.24, 2.45) is 22.2 Å². The third kappa shape index (κ3) is 3.34. The van der Waals surface area contributed by atoms with Gasteiger partial charge in [-0.3, -0.25) is 0 Å². The van der Waals surface area contributed by atoms with Crippen LogP contribution in [0.3, 0.4) is 0 Å². The van der Waals surface area contributed by atoms with Gasteiger partial charge in [0.1, 0.15) is 0 Å². The van der Waals surface area contributed by atoms with Gasteiger partial charge in [-0.2, -0.15) is 0 Å². The first-order valence-electron chi connectivity index (χ1n) is 14.5. The minimum absolute atomic E-state index is 0.0146. The maximum atomic E-state index is 4.89. The van der Waals surface area contributed by atoms with Gasteiger partial charge in [-0.05, 0) is 115 Å².